The quantitative estimate of drug-likeness (QED) is 0.0889. The molecule has 0 saturated heterocycles. The Morgan fingerprint density at radius 3 is 1.87 bits per heavy atom. The molecule has 3 atom stereocenters. The maximum Gasteiger partial charge on any atom is 0.157 e. The second-order valence-electron chi connectivity index (χ2n) is 23.8. The van der Waals surface area contributed by atoms with E-state index in [1.54, 1.807) is 6.07 Å². The fraction of sp³-hybridized carbons (Fsp3) is 0.182. The lowest BCUT2D eigenvalue weighted by Crippen LogP contribution is -2.28. The van der Waals surface area contributed by atoms with Crippen molar-refractivity contribution >= 4 is 35.3 Å². The van der Waals surface area contributed by atoms with E-state index in [0.717, 1.165) is 41.8 Å². The van der Waals surface area contributed by atoms with Crippen molar-refractivity contribution < 1.29 is 5.11 Å². The summed E-state index contributed by atoms with van der Waals surface area (Å²) in [6.45, 7) is 13.7. The van der Waals surface area contributed by atoms with Crippen LogP contribution in [0.2, 0.25) is 0 Å². The minimum Gasteiger partial charge on any atom is -0.507 e. The molecule has 0 aromatic heterocycles. The molecule has 6 aliphatic rings. The van der Waals surface area contributed by atoms with E-state index in [4.69, 9.17) is 9.98 Å². The third kappa shape index (κ3) is 7.87. The standard InChI is InChI=1S/C77H64N4O/c1-74(2)60-34-16-14-31-57(60)70-64(74)38-23-40-66(70)81(67-41-24-39-65-71(67)58-32-15-19-37-63(58)77(65)61-35-17-12-29-55(61)56-30-13-18-36-62(56)77)54-43-47-75(3,48-44-54)53-28-11-10-27-52(49-53)69-59(33-22-42-68(69)82)72(79-50-51-25-8-6-9-26-51)80-73(78-5)76(4)45-20-7-21-46-76/h6-9,12-26,29-45,47,49,53,82H,5,11,28,46,48,50H2,1-4H3. The predicted molar refractivity (Wildman–Crippen MR) is 340 cm³/mol. The van der Waals surface area contributed by atoms with Crippen molar-refractivity contribution in [3.8, 4) is 51.0 Å². The highest BCUT2D eigenvalue weighted by atomic mass is 16.3. The molecule has 0 fully saturated rings. The van der Waals surface area contributed by atoms with Crippen molar-refractivity contribution in [1.82, 2.24) is 0 Å². The normalized spacial score (nSPS) is 21.0. The lowest BCUT2D eigenvalue weighted by Gasteiger charge is -2.38. The van der Waals surface area contributed by atoms with Gasteiger partial charge < -0.3 is 10.0 Å². The van der Waals surface area contributed by atoms with E-state index >= 15 is 0 Å². The van der Waals surface area contributed by atoms with Crippen LogP contribution in [0.25, 0.3) is 39.0 Å². The number of allylic oxidation sites excluding steroid dienone is 8. The van der Waals surface area contributed by atoms with Gasteiger partial charge >= 0.3 is 0 Å². The number of amidine groups is 2. The molecule has 0 heterocycles. The number of aromatic hydroxyl groups is 1. The van der Waals surface area contributed by atoms with Crippen molar-refractivity contribution in [2.45, 2.75) is 70.8 Å². The molecule has 8 aromatic rings. The largest absolute Gasteiger partial charge is 0.507 e. The Kier molecular flexibility index (Phi) is 12.2. The van der Waals surface area contributed by atoms with Crippen LogP contribution in [0, 0.1) is 28.6 Å². The molecule has 0 bridgehead atoms. The lowest BCUT2D eigenvalue weighted by atomic mass is 9.69. The Bertz CT molecular complexity index is 4220. The summed E-state index contributed by atoms with van der Waals surface area (Å²) < 4.78 is 0. The van der Waals surface area contributed by atoms with Crippen LogP contribution in [-0.4, -0.2) is 23.5 Å². The van der Waals surface area contributed by atoms with Crippen LogP contribution in [0.4, 0.5) is 11.4 Å². The third-order valence-corrected chi connectivity index (χ3v) is 18.7. The Hall–Kier alpha value is -9.37. The average molecular weight is 1060 g/mol. The zero-order valence-corrected chi connectivity index (χ0v) is 47.0. The van der Waals surface area contributed by atoms with Gasteiger partial charge in [0.25, 0.3) is 0 Å². The predicted octanol–water partition coefficient (Wildman–Crippen LogP) is 18.1. The molecule has 3 unspecified atom stereocenters. The van der Waals surface area contributed by atoms with Gasteiger partial charge in [0.05, 0.1) is 23.3 Å². The summed E-state index contributed by atoms with van der Waals surface area (Å²) in [4.78, 5) is 17.6. The van der Waals surface area contributed by atoms with Gasteiger partial charge in [-0.1, -0.05) is 239 Å². The topological polar surface area (TPSA) is 60.6 Å². The fourth-order valence-corrected chi connectivity index (χ4v) is 14.5. The molecule has 0 radical (unpaired) electrons. The van der Waals surface area contributed by atoms with Gasteiger partial charge in [0.15, 0.2) is 5.84 Å². The first-order valence-electron chi connectivity index (χ1n) is 28.9. The molecule has 8 aromatic carbocycles. The molecule has 1 N–H and O–H groups in total. The molecule has 82 heavy (non-hydrogen) atoms. The average Bonchev–Trinajstić information content (AvgIpc) is 2.12. The highest BCUT2D eigenvalue weighted by molar-refractivity contribution is 6.12. The van der Waals surface area contributed by atoms with Gasteiger partial charge in [0.2, 0.25) is 0 Å². The van der Waals surface area contributed by atoms with Crippen LogP contribution in [0.5, 0.6) is 5.75 Å². The summed E-state index contributed by atoms with van der Waals surface area (Å²) in [6, 6.07) is 66.1. The van der Waals surface area contributed by atoms with Gasteiger partial charge in [-0.3, -0.25) is 4.99 Å². The van der Waals surface area contributed by atoms with Gasteiger partial charge in [0.1, 0.15) is 11.6 Å². The highest BCUT2D eigenvalue weighted by Gasteiger charge is 2.53. The number of phenolic OH excluding ortho intramolecular Hbond substituents is 1. The van der Waals surface area contributed by atoms with Crippen LogP contribution in [-0.2, 0) is 17.4 Å². The second-order valence-corrected chi connectivity index (χ2v) is 23.8. The smallest absolute Gasteiger partial charge is 0.157 e. The zero-order chi connectivity index (χ0) is 55.8. The van der Waals surface area contributed by atoms with Crippen LogP contribution in [0.15, 0.2) is 251 Å². The van der Waals surface area contributed by atoms with Crippen molar-refractivity contribution in [3.05, 3.63) is 286 Å². The summed E-state index contributed by atoms with van der Waals surface area (Å²) in [6.07, 6.45) is 21.1. The number of benzene rings is 8. The van der Waals surface area contributed by atoms with E-state index in [1.165, 1.54) is 72.4 Å². The summed E-state index contributed by atoms with van der Waals surface area (Å²) in [7, 11) is 0. The monoisotopic (exact) mass is 1060 g/mol. The summed E-state index contributed by atoms with van der Waals surface area (Å²) in [5.41, 5.74) is 20.7. The van der Waals surface area contributed by atoms with Gasteiger partial charge in [-0.25, -0.2) is 9.98 Å². The van der Waals surface area contributed by atoms with Gasteiger partial charge in [0, 0.05) is 50.8 Å². The van der Waals surface area contributed by atoms with Crippen LogP contribution in [0.3, 0.4) is 0 Å². The van der Waals surface area contributed by atoms with E-state index < -0.39 is 10.8 Å². The maximum atomic E-state index is 12.1. The summed E-state index contributed by atoms with van der Waals surface area (Å²) in [5.74, 6) is 8.30. The number of phenols is 1. The van der Waals surface area contributed by atoms with E-state index in [1.807, 2.05) is 42.5 Å². The Labute approximate surface area is 482 Å². The minimum atomic E-state index is -0.490. The third-order valence-electron chi connectivity index (χ3n) is 18.7. The van der Waals surface area contributed by atoms with Crippen LogP contribution in [0.1, 0.15) is 103 Å². The molecule has 6 aliphatic carbocycles. The van der Waals surface area contributed by atoms with E-state index in [2.05, 4.69) is 238 Å². The Morgan fingerprint density at radius 1 is 0.610 bits per heavy atom. The summed E-state index contributed by atoms with van der Waals surface area (Å²) in [5, 5.41) is 12.1. The molecule has 398 valence electrons. The van der Waals surface area contributed by atoms with Gasteiger partial charge in [-0.05, 0) is 130 Å². The first-order chi connectivity index (χ1) is 40.0. The number of hydrogen-bond acceptors (Lipinski definition) is 3. The fourth-order valence-electron chi connectivity index (χ4n) is 14.5. The Balaban J connectivity index is 0.903. The van der Waals surface area contributed by atoms with E-state index in [-0.39, 0.29) is 22.5 Å². The molecule has 14 rings (SSSR count). The lowest BCUT2D eigenvalue weighted by molar-refractivity contribution is 0.295. The highest BCUT2D eigenvalue weighted by Crippen LogP contribution is 2.65. The minimum absolute atomic E-state index is 0.0560. The Morgan fingerprint density at radius 2 is 1.21 bits per heavy atom. The molecular weight excluding hydrogens is 997 g/mol. The molecule has 0 amide bonds. The SMILES string of the molecule is C=NC(=NC(=NCc1ccccc1)c1cccc(O)c1C1=CC(C2(C)C=CC(N(c3cccc4c3-c3ccccc3C4(C)C)c3cccc4c3-c3ccccc3C43c4ccccc4-c4ccccc43)=CC2)CCC#C1)C1(C)C=CC=CC1. The first kappa shape index (κ1) is 50.8. The molecule has 0 aliphatic heterocycles. The molecule has 5 nitrogen and oxygen atoms in total. The number of aliphatic imine (C=N–C) groups is 3. The number of hydrogen-bond donors (Lipinski definition) is 1. The van der Waals surface area contributed by atoms with E-state index in [9.17, 15) is 5.11 Å². The molecule has 0 saturated carbocycles. The molecule has 5 heteroatoms. The van der Waals surface area contributed by atoms with Crippen molar-refractivity contribution in [3.63, 3.8) is 0 Å². The van der Waals surface area contributed by atoms with Crippen molar-refractivity contribution in [1.29, 1.82) is 0 Å². The zero-order valence-electron chi connectivity index (χ0n) is 47.0. The van der Waals surface area contributed by atoms with Crippen LogP contribution >= 0.6 is 0 Å². The number of rotatable bonds is 9. The molecule has 1 spiro atoms. The van der Waals surface area contributed by atoms with Crippen molar-refractivity contribution in [2.75, 3.05) is 4.90 Å². The number of fused-ring (bicyclic) bond motifs is 13. The summed E-state index contributed by atoms with van der Waals surface area (Å²) >= 11 is 0. The number of nitrogens with zero attached hydrogens (tertiary/aromatic N) is 4. The number of anilines is 2. The van der Waals surface area contributed by atoms with Crippen molar-refractivity contribution in [2.24, 2.45) is 31.7 Å². The van der Waals surface area contributed by atoms with Gasteiger partial charge in [-0.2, -0.15) is 0 Å². The first-order valence-corrected chi connectivity index (χ1v) is 28.9. The molecular formula is C77H64N4O. The maximum absolute atomic E-state index is 12.1. The van der Waals surface area contributed by atoms with Crippen LogP contribution < -0.4 is 4.90 Å². The van der Waals surface area contributed by atoms with E-state index in [0.29, 0.717) is 35.8 Å². The van der Waals surface area contributed by atoms with Gasteiger partial charge in [-0.15, -0.1) is 0 Å². The second kappa shape index (κ2) is 19.7.